The number of carbonyl (C=O) groups is 1. The fourth-order valence-corrected chi connectivity index (χ4v) is 4.65. The molecule has 0 saturated carbocycles. The van der Waals surface area contributed by atoms with Crippen molar-refractivity contribution in [2.24, 2.45) is 7.05 Å². The fraction of sp³-hybridized carbons (Fsp3) is 0.222. The number of benzene rings is 3. The highest BCUT2D eigenvalue weighted by Gasteiger charge is 2.33. The van der Waals surface area contributed by atoms with Gasteiger partial charge in [-0.05, 0) is 36.8 Å². The van der Waals surface area contributed by atoms with Gasteiger partial charge in [-0.15, -0.1) is 0 Å². The Bertz CT molecular complexity index is 1510. The van der Waals surface area contributed by atoms with Crippen LogP contribution in [0.2, 0.25) is 0 Å². The van der Waals surface area contributed by atoms with Crippen molar-refractivity contribution in [2.75, 3.05) is 23.8 Å². The van der Waals surface area contributed by atoms with Gasteiger partial charge < -0.3 is 19.4 Å². The number of hydrogen-bond donors (Lipinski definition) is 2. The number of nitrogens with zero attached hydrogens (tertiary/aromatic N) is 1. The molecule has 0 bridgehead atoms. The predicted octanol–water partition coefficient (Wildman–Crippen LogP) is 6.06. The van der Waals surface area contributed by atoms with E-state index < -0.39 is 28.9 Å². The highest BCUT2D eigenvalue weighted by Crippen LogP contribution is 2.41. The van der Waals surface area contributed by atoms with Gasteiger partial charge in [0.2, 0.25) is 0 Å². The molecule has 0 aliphatic heterocycles. The second-order valence-corrected chi connectivity index (χ2v) is 9.27. The summed E-state index contributed by atoms with van der Waals surface area (Å²) in [7, 11) is 2.88. The number of halogens is 3. The van der Waals surface area contributed by atoms with Gasteiger partial charge in [-0.25, -0.2) is 4.21 Å². The number of ether oxygens (including phenoxy) is 2. The van der Waals surface area contributed by atoms with Crippen LogP contribution in [0.3, 0.4) is 0 Å². The summed E-state index contributed by atoms with van der Waals surface area (Å²) in [6.45, 7) is 1.95. The topological polar surface area (TPSA) is 90.8 Å². The zero-order valence-corrected chi connectivity index (χ0v) is 22.1. The number of rotatable bonds is 10. The highest BCUT2D eigenvalue weighted by molar-refractivity contribution is 7.81. The summed E-state index contributed by atoms with van der Waals surface area (Å²) in [6, 6.07) is 18.0. The van der Waals surface area contributed by atoms with Crippen LogP contribution in [0.25, 0.3) is 10.9 Å². The molecule has 12 heteroatoms. The smallest absolute Gasteiger partial charge is 0.416 e. The van der Waals surface area contributed by atoms with Crippen molar-refractivity contribution in [3.63, 3.8) is 0 Å². The predicted molar refractivity (Wildman–Crippen MR) is 143 cm³/mol. The molecule has 4 rings (SSSR count). The minimum atomic E-state index is -4.75. The van der Waals surface area contributed by atoms with Crippen molar-refractivity contribution >= 4 is 39.5 Å². The van der Waals surface area contributed by atoms with Gasteiger partial charge in [-0.3, -0.25) is 13.7 Å². The summed E-state index contributed by atoms with van der Waals surface area (Å²) in [6.07, 6.45) is -4.75. The van der Waals surface area contributed by atoms with E-state index in [0.717, 1.165) is 17.7 Å². The number of aryl methyl sites for hydroxylation is 1. The molecule has 3 aromatic carbocycles. The summed E-state index contributed by atoms with van der Waals surface area (Å²) in [5.41, 5.74) is 0.176. The summed E-state index contributed by atoms with van der Waals surface area (Å²) in [5.74, 6) is -0.285. The molecular weight excluding hydrogens is 535 g/mol. The number of para-hydroxylation sites is 1. The van der Waals surface area contributed by atoms with E-state index >= 15 is 0 Å². The number of fused-ring (bicyclic) bond motifs is 1. The zero-order chi connectivity index (χ0) is 28.2. The van der Waals surface area contributed by atoms with Gasteiger partial charge in [0.15, 0.2) is 5.75 Å². The van der Waals surface area contributed by atoms with Crippen LogP contribution in [0.1, 0.15) is 28.5 Å². The van der Waals surface area contributed by atoms with Crippen LogP contribution in [0, 0.1) is 0 Å². The number of amides is 1. The maximum Gasteiger partial charge on any atom is 0.416 e. The lowest BCUT2D eigenvalue weighted by Gasteiger charge is -2.18. The molecule has 1 heterocycles. The Kier molecular flexibility index (Phi) is 8.46. The largest absolute Gasteiger partial charge is 0.492 e. The van der Waals surface area contributed by atoms with E-state index in [-0.39, 0.29) is 29.4 Å². The van der Waals surface area contributed by atoms with E-state index in [9.17, 15) is 22.2 Å². The van der Waals surface area contributed by atoms with Crippen molar-refractivity contribution < 1.29 is 35.8 Å². The number of alkyl halides is 3. The first kappa shape index (κ1) is 28.0. The van der Waals surface area contributed by atoms with E-state index in [0.29, 0.717) is 23.3 Å². The molecule has 4 aromatic rings. The van der Waals surface area contributed by atoms with E-state index in [1.54, 1.807) is 42.8 Å². The second-order valence-electron chi connectivity index (χ2n) is 8.36. The highest BCUT2D eigenvalue weighted by atomic mass is 32.2. The lowest BCUT2D eigenvalue weighted by atomic mass is 10.1. The van der Waals surface area contributed by atoms with Crippen molar-refractivity contribution in [3.05, 3.63) is 83.6 Å². The summed E-state index contributed by atoms with van der Waals surface area (Å²) in [5, 5.41) is 3.22. The molecule has 2 N–H and O–H groups in total. The zero-order valence-electron chi connectivity index (χ0n) is 21.3. The first-order chi connectivity index (χ1) is 18.6. The summed E-state index contributed by atoms with van der Waals surface area (Å²) >= 11 is -2.14. The maximum absolute atomic E-state index is 13.7. The van der Waals surface area contributed by atoms with Gasteiger partial charge in [0, 0.05) is 12.4 Å². The first-order valence-corrected chi connectivity index (χ1v) is 12.9. The van der Waals surface area contributed by atoms with Gasteiger partial charge in [0.1, 0.15) is 18.1 Å². The molecule has 0 radical (unpaired) electrons. The summed E-state index contributed by atoms with van der Waals surface area (Å²) in [4.78, 5) is 13.3. The summed E-state index contributed by atoms with van der Waals surface area (Å²) < 4.78 is 73.2. The van der Waals surface area contributed by atoms with Gasteiger partial charge >= 0.3 is 6.18 Å². The average Bonchev–Trinajstić information content (AvgIpc) is 3.24. The molecule has 0 aliphatic rings. The molecule has 0 fully saturated rings. The van der Waals surface area contributed by atoms with E-state index in [1.807, 2.05) is 30.3 Å². The number of hydrogen-bond acceptors (Lipinski definition) is 5. The van der Waals surface area contributed by atoms with Gasteiger partial charge in [0.25, 0.3) is 17.2 Å². The Balaban J connectivity index is 1.68. The van der Waals surface area contributed by atoms with Gasteiger partial charge in [0.05, 0.1) is 36.2 Å². The Labute approximate surface area is 225 Å². The molecule has 39 heavy (non-hydrogen) atoms. The van der Waals surface area contributed by atoms with Crippen LogP contribution < -0.4 is 19.5 Å². The molecule has 8 nitrogen and oxygen atoms in total. The molecule has 1 aromatic heterocycles. The number of nitrogens with one attached hydrogen (secondary N) is 2. The van der Waals surface area contributed by atoms with Crippen LogP contribution >= 0.6 is 0 Å². The number of carbonyl (C=O) groups excluding carboxylic acids is 1. The minimum Gasteiger partial charge on any atom is -0.492 e. The number of aromatic nitrogens is 1. The third-order valence-electron chi connectivity index (χ3n) is 5.78. The molecule has 0 aliphatic carbocycles. The van der Waals surface area contributed by atoms with E-state index in [4.69, 9.17) is 13.7 Å². The van der Waals surface area contributed by atoms with Crippen LogP contribution in [0.5, 0.6) is 11.5 Å². The van der Waals surface area contributed by atoms with Gasteiger partial charge in [-0.2, -0.15) is 13.2 Å². The molecule has 206 valence electrons. The van der Waals surface area contributed by atoms with Crippen LogP contribution in [-0.2, 0) is 35.3 Å². The molecular formula is C27H26F3N3O5S. The van der Waals surface area contributed by atoms with Crippen LogP contribution in [0.4, 0.5) is 24.5 Å². The number of methoxy groups -OCH3 is 1. The van der Waals surface area contributed by atoms with Crippen LogP contribution in [0.15, 0.2) is 66.7 Å². The van der Waals surface area contributed by atoms with Gasteiger partial charge in [-0.1, -0.05) is 42.5 Å². The second kappa shape index (κ2) is 11.8. The monoisotopic (exact) mass is 561 g/mol. The van der Waals surface area contributed by atoms with Crippen molar-refractivity contribution in [1.29, 1.82) is 0 Å². The Hall–Kier alpha value is -4.03. The fourth-order valence-electron chi connectivity index (χ4n) is 4.04. The molecule has 1 unspecified atom stereocenters. The normalized spacial score (nSPS) is 12.3. The molecule has 0 saturated heterocycles. The van der Waals surface area contributed by atoms with Crippen molar-refractivity contribution in [2.45, 2.75) is 19.7 Å². The Morgan fingerprint density at radius 3 is 2.41 bits per heavy atom. The van der Waals surface area contributed by atoms with Crippen LogP contribution in [-0.4, -0.2) is 28.4 Å². The Morgan fingerprint density at radius 1 is 1.03 bits per heavy atom. The standard InChI is InChI=1S/C27H26F3N3O5S/c1-4-38-39(35)32-21-15-19(27(28,29)30)14-20(25(21)36-3)31-26(34)22-13-18-11-8-12-23(24(18)33(22)2)37-16-17-9-6-5-7-10-17/h5-15,32H,4,16H2,1-3H3,(H,31,34). The number of anilines is 2. The lowest BCUT2D eigenvalue weighted by Crippen LogP contribution is -2.18. The van der Waals surface area contributed by atoms with E-state index in [1.165, 1.54) is 7.11 Å². The maximum atomic E-state index is 13.7. The van der Waals surface area contributed by atoms with Crippen molar-refractivity contribution in [1.82, 2.24) is 4.57 Å². The molecule has 1 amide bonds. The third-order valence-corrected chi connectivity index (χ3v) is 6.61. The Morgan fingerprint density at radius 2 is 1.74 bits per heavy atom. The average molecular weight is 562 g/mol. The SMILES string of the molecule is CCOS(=O)Nc1cc(C(F)(F)F)cc(NC(=O)c2cc3cccc(OCc4ccccc4)c3n2C)c1OC. The minimum absolute atomic E-state index is 0.0581. The quantitative estimate of drug-likeness (QED) is 0.246. The third kappa shape index (κ3) is 6.35. The van der Waals surface area contributed by atoms with E-state index in [2.05, 4.69) is 10.0 Å². The molecule has 1 atom stereocenters. The lowest BCUT2D eigenvalue weighted by molar-refractivity contribution is -0.137. The first-order valence-electron chi connectivity index (χ1n) is 11.8. The molecule has 0 spiro atoms. The van der Waals surface area contributed by atoms with Crippen molar-refractivity contribution in [3.8, 4) is 11.5 Å².